The van der Waals surface area contributed by atoms with Crippen LogP contribution in [0.5, 0.6) is 11.5 Å². The summed E-state index contributed by atoms with van der Waals surface area (Å²) in [5, 5.41) is 2.64. The number of nitrogens with zero attached hydrogens (tertiary/aromatic N) is 1. The van der Waals surface area contributed by atoms with Crippen molar-refractivity contribution >= 4 is 29.7 Å². The number of alkyl carbamates (subject to hydrolysis) is 1. The number of carbonyl (C=O) groups is 5. The largest absolute Gasteiger partial charge is 0.493 e. The van der Waals surface area contributed by atoms with Gasteiger partial charge in [0.2, 0.25) is 6.79 Å². The van der Waals surface area contributed by atoms with Crippen LogP contribution in [0.4, 0.5) is 9.59 Å². The molecule has 1 heterocycles. The standard InChI is InChI=1S/C45H72N2O12/c1-29(2)33(22-32-14-15-37(54-12)39(23-32)55-21-13-20-53-11)24-35-38(25-34(30(3)4)36(49)16-17-44(9,10)31(5)48)56-27-47(35)42(52)58-28-57-40(50)45(18-19-45)26-46-41(51)59-43(6,7)8/h14-15,23,29-30,33-35,38H,13,16-22,24-28H2,1-12H3,(H,46,51)/t33-,34-,35-,38-/m0/s1. The topological polar surface area (TPSA) is 165 Å². The van der Waals surface area contributed by atoms with Gasteiger partial charge in [-0.25, -0.2) is 9.59 Å². The van der Waals surface area contributed by atoms with Crippen LogP contribution in [0.3, 0.4) is 0 Å². The number of methoxy groups -OCH3 is 2. The summed E-state index contributed by atoms with van der Waals surface area (Å²) in [5.74, 6) is 0.721. The zero-order valence-corrected chi connectivity index (χ0v) is 37.7. The molecule has 334 valence electrons. The second-order valence-corrected chi connectivity index (χ2v) is 18.6. The maximum atomic E-state index is 13.8. The maximum absolute atomic E-state index is 13.8. The third-order valence-corrected chi connectivity index (χ3v) is 11.7. The van der Waals surface area contributed by atoms with Gasteiger partial charge in [0, 0.05) is 44.4 Å². The molecule has 0 unspecified atom stereocenters. The van der Waals surface area contributed by atoms with Crippen LogP contribution in [0.25, 0.3) is 0 Å². The SMILES string of the molecule is COCCCOc1cc(C[C@@H](C[C@H]2[C@H](C[C@H](C(=O)CCC(C)(C)C(C)=O)C(C)C)OCN2C(=O)OCOC(=O)C2(CNC(=O)OC(C)(C)C)CC2)C(C)C)ccc1OC. The molecule has 14 heteroatoms. The van der Waals surface area contributed by atoms with E-state index >= 15 is 0 Å². The number of benzene rings is 1. The van der Waals surface area contributed by atoms with Crippen molar-refractivity contribution in [1.82, 2.24) is 10.2 Å². The second-order valence-electron chi connectivity index (χ2n) is 18.6. The minimum absolute atomic E-state index is 0.00494. The summed E-state index contributed by atoms with van der Waals surface area (Å²) in [5.41, 5.74) is -1.15. The highest BCUT2D eigenvalue weighted by molar-refractivity contribution is 5.84. The van der Waals surface area contributed by atoms with E-state index in [4.69, 9.17) is 33.2 Å². The third-order valence-electron chi connectivity index (χ3n) is 11.7. The van der Waals surface area contributed by atoms with Gasteiger partial charge in [-0.3, -0.25) is 19.3 Å². The van der Waals surface area contributed by atoms with E-state index in [0.29, 0.717) is 63.2 Å². The number of hydrogen-bond acceptors (Lipinski definition) is 12. The van der Waals surface area contributed by atoms with Gasteiger partial charge in [0.15, 0.2) is 11.5 Å². The predicted octanol–water partition coefficient (Wildman–Crippen LogP) is 7.91. The first-order valence-electron chi connectivity index (χ1n) is 21.1. The maximum Gasteiger partial charge on any atom is 0.414 e. The monoisotopic (exact) mass is 833 g/mol. The fourth-order valence-corrected chi connectivity index (χ4v) is 7.18. The van der Waals surface area contributed by atoms with Crippen LogP contribution in [0.1, 0.15) is 120 Å². The fourth-order valence-electron chi connectivity index (χ4n) is 7.18. The minimum atomic E-state index is -0.896. The zero-order chi connectivity index (χ0) is 44.1. The van der Waals surface area contributed by atoms with Gasteiger partial charge in [0.05, 0.1) is 31.3 Å². The summed E-state index contributed by atoms with van der Waals surface area (Å²) in [6.07, 6.45) is 2.29. The lowest BCUT2D eigenvalue weighted by molar-refractivity contribution is -0.159. The van der Waals surface area contributed by atoms with Crippen molar-refractivity contribution in [3.05, 3.63) is 23.8 Å². The van der Waals surface area contributed by atoms with Crippen LogP contribution in [0.2, 0.25) is 0 Å². The van der Waals surface area contributed by atoms with Gasteiger partial charge in [0.1, 0.15) is 23.9 Å². The van der Waals surface area contributed by atoms with E-state index < -0.39 is 53.5 Å². The van der Waals surface area contributed by atoms with Gasteiger partial charge in [-0.05, 0) is 102 Å². The molecule has 59 heavy (non-hydrogen) atoms. The van der Waals surface area contributed by atoms with Gasteiger partial charge in [-0.1, -0.05) is 47.6 Å². The number of esters is 1. The Hall–Kier alpha value is -3.91. The molecule has 2 amide bonds. The summed E-state index contributed by atoms with van der Waals surface area (Å²) in [6, 6.07) is 5.46. The molecule has 1 aromatic rings. The van der Waals surface area contributed by atoms with Gasteiger partial charge in [-0.15, -0.1) is 0 Å². The highest BCUT2D eigenvalue weighted by Gasteiger charge is 2.52. The number of hydrogen-bond donors (Lipinski definition) is 1. The summed E-state index contributed by atoms with van der Waals surface area (Å²) in [7, 11) is 3.26. The van der Waals surface area contributed by atoms with Gasteiger partial charge in [-0.2, -0.15) is 0 Å². The lowest BCUT2D eigenvalue weighted by Crippen LogP contribution is -2.43. The van der Waals surface area contributed by atoms with Crippen LogP contribution in [-0.4, -0.2) is 99.9 Å². The number of nitrogens with one attached hydrogen (secondary N) is 1. The highest BCUT2D eigenvalue weighted by Crippen LogP contribution is 2.46. The van der Waals surface area contributed by atoms with Crippen LogP contribution >= 0.6 is 0 Å². The molecule has 4 atom stereocenters. The van der Waals surface area contributed by atoms with Crippen molar-refractivity contribution in [1.29, 1.82) is 0 Å². The van der Waals surface area contributed by atoms with E-state index in [-0.39, 0.29) is 54.9 Å². The van der Waals surface area contributed by atoms with E-state index in [1.807, 2.05) is 45.9 Å². The van der Waals surface area contributed by atoms with Gasteiger partial charge in [0.25, 0.3) is 0 Å². The number of ketones is 2. The molecule has 0 radical (unpaired) electrons. The first kappa shape index (κ1) is 49.5. The number of ether oxygens (including phenoxy) is 7. The molecule has 0 aromatic heterocycles. The van der Waals surface area contributed by atoms with Crippen LogP contribution in [-0.2, 0) is 44.5 Å². The molecule has 1 aliphatic carbocycles. The first-order chi connectivity index (χ1) is 27.6. The lowest BCUT2D eigenvalue weighted by atomic mass is 9.77. The minimum Gasteiger partial charge on any atom is -0.493 e. The van der Waals surface area contributed by atoms with Crippen molar-refractivity contribution < 1.29 is 57.1 Å². The molecule has 1 N–H and O–H groups in total. The molecule has 1 saturated carbocycles. The van der Waals surface area contributed by atoms with Crippen molar-refractivity contribution in [2.45, 2.75) is 138 Å². The van der Waals surface area contributed by atoms with E-state index in [9.17, 15) is 24.0 Å². The first-order valence-corrected chi connectivity index (χ1v) is 21.1. The summed E-state index contributed by atoms with van der Waals surface area (Å²) < 4.78 is 39.4. The lowest BCUT2D eigenvalue weighted by Gasteiger charge is -2.33. The second kappa shape index (κ2) is 22.1. The number of Topliss-reactive ketones (excluding diaryl/α,β-unsaturated/α-hetero) is 2. The van der Waals surface area contributed by atoms with Crippen molar-refractivity contribution in [2.24, 2.45) is 34.5 Å². The van der Waals surface area contributed by atoms with Crippen molar-refractivity contribution in [2.75, 3.05) is 47.5 Å². The molecule has 1 aromatic carbocycles. The normalized spacial score (nSPS) is 18.6. The summed E-state index contributed by atoms with van der Waals surface area (Å²) >= 11 is 0. The number of carbonyl (C=O) groups excluding carboxylic acids is 5. The molecule has 0 spiro atoms. The Morgan fingerprint density at radius 2 is 1.63 bits per heavy atom. The van der Waals surface area contributed by atoms with Gasteiger partial charge >= 0.3 is 18.2 Å². The molecule has 3 rings (SSSR count). The van der Waals surface area contributed by atoms with E-state index in [2.05, 4.69) is 19.2 Å². The molecular formula is C45H72N2O12. The van der Waals surface area contributed by atoms with Crippen LogP contribution in [0.15, 0.2) is 18.2 Å². The van der Waals surface area contributed by atoms with Crippen LogP contribution in [0, 0.1) is 34.5 Å². The quantitative estimate of drug-likeness (QED) is 0.0609. The Morgan fingerprint density at radius 1 is 0.932 bits per heavy atom. The van der Waals surface area contributed by atoms with E-state index in [1.54, 1.807) is 41.9 Å². The average molecular weight is 833 g/mol. The van der Waals surface area contributed by atoms with Gasteiger partial charge < -0.3 is 38.5 Å². The third kappa shape index (κ3) is 15.3. The summed E-state index contributed by atoms with van der Waals surface area (Å²) in [6.45, 7) is 19.3. The highest BCUT2D eigenvalue weighted by atomic mass is 16.7. The Labute approximate surface area is 352 Å². The number of amides is 2. The Kier molecular flexibility index (Phi) is 18.5. The molecule has 0 bridgehead atoms. The molecule has 14 nitrogen and oxygen atoms in total. The molecular weight excluding hydrogens is 760 g/mol. The van der Waals surface area contributed by atoms with E-state index in [0.717, 1.165) is 12.0 Å². The molecule has 2 fully saturated rings. The molecule has 1 aliphatic heterocycles. The Bertz CT molecular complexity index is 1560. The summed E-state index contributed by atoms with van der Waals surface area (Å²) in [4.78, 5) is 66.6. The predicted molar refractivity (Wildman–Crippen MR) is 222 cm³/mol. The fraction of sp³-hybridized carbons (Fsp3) is 0.756. The Balaban J connectivity index is 1.80. The number of rotatable bonds is 24. The van der Waals surface area contributed by atoms with Crippen molar-refractivity contribution in [3.63, 3.8) is 0 Å². The van der Waals surface area contributed by atoms with E-state index in [1.165, 1.54) is 4.90 Å². The van der Waals surface area contributed by atoms with Crippen LogP contribution < -0.4 is 14.8 Å². The van der Waals surface area contributed by atoms with Crippen molar-refractivity contribution in [3.8, 4) is 11.5 Å². The Morgan fingerprint density at radius 3 is 2.20 bits per heavy atom. The zero-order valence-electron chi connectivity index (χ0n) is 37.7. The molecule has 2 aliphatic rings. The average Bonchev–Trinajstić information content (AvgIpc) is 3.85. The molecule has 1 saturated heterocycles. The smallest absolute Gasteiger partial charge is 0.414 e.